The minimum Gasteiger partial charge on any atom is -0.377 e. The molecule has 0 radical (unpaired) electrons. The van der Waals surface area contributed by atoms with Crippen molar-refractivity contribution in [1.29, 1.82) is 0 Å². The molecule has 3 rings (SSSR count). The Kier molecular flexibility index (Phi) is 7.86. The van der Waals surface area contributed by atoms with Gasteiger partial charge in [0.1, 0.15) is 0 Å². The zero-order valence-corrected chi connectivity index (χ0v) is 16.9. The van der Waals surface area contributed by atoms with Gasteiger partial charge < -0.3 is 28.4 Å². The van der Waals surface area contributed by atoms with E-state index in [2.05, 4.69) is 0 Å². The molecule has 0 bridgehead atoms. The number of rotatable bonds is 0. The number of likely N-dealkylation sites (N-methyl/N-ethyl adjacent to an activating group) is 2. The number of nitrogens with zero attached hydrogens (tertiary/aromatic N) is 2. The van der Waals surface area contributed by atoms with E-state index in [0.717, 1.165) is 9.80 Å². The van der Waals surface area contributed by atoms with Crippen molar-refractivity contribution in [2.24, 2.45) is 0 Å². The fourth-order valence-corrected chi connectivity index (χ4v) is 3.27. The van der Waals surface area contributed by atoms with Crippen LogP contribution in [0.25, 0.3) is 0 Å². The first kappa shape index (κ1) is 22.7. The first-order valence-corrected chi connectivity index (χ1v) is 9.68. The van der Waals surface area contributed by atoms with Crippen LogP contribution in [0.1, 0.15) is 0 Å². The van der Waals surface area contributed by atoms with E-state index in [-0.39, 0.29) is 52.9 Å². The fraction of sp³-hybridized carbons (Fsp3) is 0.778. The Morgan fingerprint density at radius 1 is 0.500 bits per heavy atom. The lowest BCUT2D eigenvalue weighted by Crippen LogP contribution is -2.37. The number of hydrogen-bond donors (Lipinski definition) is 0. The van der Waals surface area contributed by atoms with Gasteiger partial charge in [-0.1, -0.05) is 0 Å². The molecule has 0 spiro atoms. The number of carbonyl (C=O) groups excluding carboxylic acids is 4. The van der Waals surface area contributed by atoms with Gasteiger partial charge in [-0.05, 0) is 0 Å². The van der Waals surface area contributed by atoms with Crippen molar-refractivity contribution in [2.45, 2.75) is 24.4 Å². The third kappa shape index (κ3) is 4.85. The van der Waals surface area contributed by atoms with Crippen molar-refractivity contribution in [3.63, 3.8) is 0 Å². The van der Waals surface area contributed by atoms with Gasteiger partial charge in [-0.15, -0.1) is 0 Å². The third-order valence-corrected chi connectivity index (χ3v) is 4.95. The molecule has 0 unspecified atom stereocenters. The van der Waals surface area contributed by atoms with Crippen LogP contribution in [0.15, 0.2) is 0 Å². The topological polar surface area (TPSA) is 130 Å². The van der Waals surface area contributed by atoms with Crippen molar-refractivity contribution in [3.05, 3.63) is 0 Å². The zero-order chi connectivity index (χ0) is 21.7. The van der Waals surface area contributed by atoms with E-state index < -0.39 is 48.0 Å². The molecule has 168 valence electrons. The van der Waals surface area contributed by atoms with Gasteiger partial charge in [-0.3, -0.25) is 29.0 Å². The average molecular weight is 430 g/mol. The first-order valence-electron chi connectivity index (χ1n) is 9.68. The molecule has 0 N–H and O–H groups in total. The lowest BCUT2D eigenvalue weighted by Gasteiger charge is -2.19. The molecule has 30 heavy (non-hydrogen) atoms. The van der Waals surface area contributed by atoms with Crippen LogP contribution in [0.3, 0.4) is 0 Å². The molecule has 4 amide bonds. The lowest BCUT2D eigenvalue weighted by molar-refractivity contribution is -0.148. The summed E-state index contributed by atoms with van der Waals surface area (Å²) in [6.07, 6.45) is -4.16. The van der Waals surface area contributed by atoms with Crippen molar-refractivity contribution >= 4 is 23.6 Å². The van der Waals surface area contributed by atoms with Crippen molar-refractivity contribution in [1.82, 2.24) is 9.80 Å². The molecule has 12 nitrogen and oxygen atoms in total. The highest BCUT2D eigenvalue weighted by molar-refractivity contribution is 6.08. The summed E-state index contributed by atoms with van der Waals surface area (Å²) in [7, 11) is 2.75. The predicted molar refractivity (Wildman–Crippen MR) is 96.2 cm³/mol. The van der Waals surface area contributed by atoms with Gasteiger partial charge in [0.2, 0.25) is 0 Å². The van der Waals surface area contributed by atoms with Crippen molar-refractivity contribution in [3.8, 4) is 0 Å². The summed E-state index contributed by atoms with van der Waals surface area (Å²) in [5.41, 5.74) is 0. The Hall–Kier alpha value is -1.96. The number of imide groups is 2. The second kappa shape index (κ2) is 10.4. The summed E-state index contributed by atoms with van der Waals surface area (Å²) in [5, 5.41) is 0. The normalized spacial score (nSPS) is 33.3. The molecule has 0 aromatic heterocycles. The van der Waals surface area contributed by atoms with E-state index in [9.17, 15) is 19.2 Å². The highest BCUT2D eigenvalue weighted by Gasteiger charge is 2.48. The van der Waals surface area contributed by atoms with E-state index in [1.54, 1.807) is 0 Å². The van der Waals surface area contributed by atoms with Crippen LogP contribution >= 0.6 is 0 Å². The van der Waals surface area contributed by atoms with Crippen LogP contribution in [-0.2, 0) is 47.6 Å². The second-order valence-electron chi connectivity index (χ2n) is 6.86. The Morgan fingerprint density at radius 3 is 0.967 bits per heavy atom. The van der Waals surface area contributed by atoms with Gasteiger partial charge in [0.05, 0.1) is 52.9 Å². The number of likely N-dealkylation sites (tertiary alicyclic amines) is 2. The number of fused-ring (bicyclic) bond motifs is 2. The highest BCUT2D eigenvalue weighted by Crippen LogP contribution is 2.20. The number of ether oxygens (including phenoxy) is 6. The van der Waals surface area contributed by atoms with E-state index >= 15 is 0 Å². The largest absolute Gasteiger partial charge is 0.377 e. The Labute approximate surface area is 173 Å². The van der Waals surface area contributed by atoms with Gasteiger partial charge >= 0.3 is 0 Å². The van der Waals surface area contributed by atoms with Gasteiger partial charge in [0, 0.05) is 14.1 Å². The molecular formula is C18H26N2O10. The van der Waals surface area contributed by atoms with Crippen molar-refractivity contribution < 1.29 is 47.6 Å². The summed E-state index contributed by atoms with van der Waals surface area (Å²) in [6.45, 7) is 0.784. The summed E-state index contributed by atoms with van der Waals surface area (Å²) in [4.78, 5) is 50.7. The maximum absolute atomic E-state index is 12.2. The summed E-state index contributed by atoms with van der Waals surface area (Å²) in [5.74, 6) is -1.90. The molecule has 12 heteroatoms. The third-order valence-electron chi connectivity index (χ3n) is 4.95. The number of carbonyl (C=O) groups is 4. The molecule has 3 fully saturated rings. The molecule has 3 aliphatic heterocycles. The summed E-state index contributed by atoms with van der Waals surface area (Å²) < 4.78 is 32.8. The summed E-state index contributed by atoms with van der Waals surface area (Å²) >= 11 is 0. The van der Waals surface area contributed by atoms with Gasteiger partial charge in [-0.2, -0.15) is 0 Å². The second-order valence-corrected chi connectivity index (χ2v) is 6.86. The molecule has 3 aliphatic rings. The molecule has 0 saturated carbocycles. The first-order chi connectivity index (χ1) is 14.4. The van der Waals surface area contributed by atoms with Gasteiger partial charge in [0.25, 0.3) is 23.6 Å². The molecule has 0 aromatic carbocycles. The zero-order valence-electron chi connectivity index (χ0n) is 16.9. The van der Waals surface area contributed by atoms with E-state index in [0.29, 0.717) is 0 Å². The number of amides is 4. The Balaban J connectivity index is 1.58. The predicted octanol–water partition coefficient (Wildman–Crippen LogP) is -2.43. The minimum atomic E-state index is -1.04. The maximum Gasteiger partial charge on any atom is 0.261 e. The molecule has 3 heterocycles. The quantitative estimate of drug-likeness (QED) is 0.382. The number of hydrogen-bond acceptors (Lipinski definition) is 10. The minimum absolute atomic E-state index is 0.0587. The van der Waals surface area contributed by atoms with Crippen LogP contribution < -0.4 is 0 Å². The van der Waals surface area contributed by atoms with E-state index in [1.165, 1.54) is 14.1 Å². The molecular weight excluding hydrogens is 404 g/mol. The fourth-order valence-electron chi connectivity index (χ4n) is 3.27. The molecule has 3 saturated heterocycles. The Morgan fingerprint density at radius 2 is 0.733 bits per heavy atom. The molecule has 0 aromatic rings. The van der Waals surface area contributed by atoms with E-state index in [4.69, 9.17) is 28.4 Å². The van der Waals surface area contributed by atoms with Crippen LogP contribution in [0.2, 0.25) is 0 Å². The highest BCUT2D eigenvalue weighted by atomic mass is 16.6. The standard InChI is InChI=1S/C18H26N2O10/c1-19-15(21)11-12(16(19)22)28-8-4-26-6-10-30-14-13(17(23)20(2)18(14)24)29-9-5-25-3-7-27-11/h11-14H,3-10H2,1-2H3/t11-,12-,13-,14-/m1/s1. The molecule has 0 aliphatic carbocycles. The average Bonchev–Trinajstić information content (AvgIpc) is 3.06. The van der Waals surface area contributed by atoms with Crippen LogP contribution in [0.4, 0.5) is 0 Å². The van der Waals surface area contributed by atoms with Gasteiger partial charge in [-0.25, -0.2) is 0 Å². The SMILES string of the molecule is CN1C(=O)[C@@H]2OCCOCCO[C@H]3C(=O)N(C)C(=O)[C@@H]3OCCOCCO[C@H]2C1=O. The maximum atomic E-state index is 12.2. The van der Waals surface area contributed by atoms with Crippen LogP contribution in [0, 0.1) is 0 Å². The van der Waals surface area contributed by atoms with Crippen molar-refractivity contribution in [2.75, 3.05) is 67.0 Å². The van der Waals surface area contributed by atoms with E-state index in [1.807, 2.05) is 0 Å². The molecule has 4 atom stereocenters. The Bertz CT molecular complexity index is 563. The van der Waals surface area contributed by atoms with Crippen LogP contribution in [0.5, 0.6) is 0 Å². The monoisotopic (exact) mass is 430 g/mol. The lowest BCUT2D eigenvalue weighted by atomic mass is 10.2. The summed E-state index contributed by atoms with van der Waals surface area (Å²) in [6, 6.07) is 0. The van der Waals surface area contributed by atoms with Gasteiger partial charge in [0.15, 0.2) is 24.4 Å². The smallest absolute Gasteiger partial charge is 0.261 e. The van der Waals surface area contributed by atoms with Crippen LogP contribution in [-0.4, -0.2) is 125 Å².